The van der Waals surface area contributed by atoms with Gasteiger partial charge < -0.3 is 14.5 Å². The van der Waals surface area contributed by atoms with Crippen LogP contribution in [-0.2, 0) is 14.3 Å². The van der Waals surface area contributed by atoms with E-state index >= 15 is 0 Å². The Morgan fingerprint density at radius 2 is 1.85 bits per heavy atom. The maximum Gasteiger partial charge on any atom is 0.340 e. The van der Waals surface area contributed by atoms with Crippen LogP contribution in [0.15, 0.2) is 29.2 Å². The van der Waals surface area contributed by atoms with Gasteiger partial charge in [-0.25, -0.2) is 9.18 Å². The number of rotatable bonds is 8. The normalized spacial score (nSPS) is 10.5. The zero-order valence-corrected chi connectivity index (χ0v) is 16.1. The number of aromatic amines is 1. The van der Waals surface area contributed by atoms with Gasteiger partial charge in [-0.3, -0.25) is 9.59 Å². The summed E-state index contributed by atoms with van der Waals surface area (Å²) in [6.07, 6.45) is 0. The Hall–Kier alpha value is -2.61. The fourth-order valence-electron chi connectivity index (χ4n) is 2.50. The van der Waals surface area contributed by atoms with Gasteiger partial charge in [0, 0.05) is 10.6 Å². The molecule has 0 amide bonds. The molecule has 0 saturated carbocycles. The van der Waals surface area contributed by atoms with Gasteiger partial charge in [0.05, 0.1) is 23.6 Å². The molecule has 0 aliphatic carbocycles. The summed E-state index contributed by atoms with van der Waals surface area (Å²) in [5.74, 6) is -2.15. The number of H-pyrrole nitrogens is 1. The average molecular weight is 393 g/mol. The Bertz CT molecular complexity index is 862. The van der Waals surface area contributed by atoms with Gasteiger partial charge in [0.1, 0.15) is 5.82 Å². The molecule has 0 saturated heterocycles. The van der Waals surface area contributed by atoms with Crippen LogP contribution in [0.3, 0.4) is 0 Å². The van der Waals surface area contributed by atoms with Gasteiger partial charge in [-0.2, -0.15) is 0 Å². The van der Waals surface area contributed by atoms with E-state index in [1.54, 1.807) is 39.0 Å². The molecule has 1 aromatic heterocycles. The van der Waals surface area contributed by atoms with Gasteiger partial charge in [0.25, 0.3) is 0 Å². The first kappa shape index (κ1) is 20.7. The van der Waals surface area contributed by atoms with Crippen molar-refractivity contribution in [2.45, 2.75) is 25.7 Å². The monoisotopic (exact) mass is 393 g/mol. The zero-order valence-electron chi connectivity index (χ0n) is 15.3. The molecule has 1 aromatic carbocycles. The average Bonchev–Trinajstić information content (AvgIpc) is 2.93. The first-order valence-corrected chi connectivity index (χ1v) is 9.26. The van der Waals surface area contributed by atoms with Crippen LogP contribution in [0.1, 0.15) is 39.0 Å². The minimum Gasteiger partial charge on any atom is -0.462 e. The number of hydrogen-bond donors (Lipinski definition) is 1. The minimum absolute atomic E-state index is 0.120. The number of carbonyl (C=O) groups excluding carboxylic acids is 3. The number of ether oxygens (including phenoxy) is 2. The Morgan fingerprint density at radius 3 is 2.52 bits per heavy atom. The summed E-state index contributed by atoms with van der Waals surface area (Å²) in [7, 11) is 0. The highest BCUT2D eigenvalue weighted by Crippen LogP contribution is 2.22. The minimum atomic E-state index is -0.636. The molecule has 0 fully saturated rings. The SMILES string of the molecule is CCOC(=O)c1c(C)[nH]c(C(=O)COC(=O)CSc2ccccc2F)c1C. The van der Waals surface area contributed by atoms with Crippen molar-refractivity contribution in [1.29, 1.82) is 0 Å². The second-order valence-electron chi connectivity index (χ2n) is 5.65. The van der Waals surface area contributed by atoms with Crippen molar-refractivity contribution in [2.75, 3.05) is 19.0 Å². The van der Waals surface area contributed by atoms with Gasteiger partial charge >= 0.3 is 11.9 Å². The van der Waals surface area contributed by atoms with Crippen molar-refractivity contribution < 1.29 is 28.2 Å². The van der Waals surface area contributed by atoms with Gasteiger partial charge in [0.15, 0.2) is 6.61 Å². The van der Waals surface area contributed by atoms with E-state index in [1.807, 2.05) is 0 Å². The van der Waals surface area contributed by atoms with Gasteiger partial charge in [-0.1, -0.05) is 12.1 Å². The van der Waals surface area contributed by atoms with Crippen molar-refractivity contribution in [3.8, 4) is 0 Å². The predicted molar refractivity (Wildman–Crippen MR) is 98.6 cm³/mol. The predicted octanol–water partition coefficient (Wildman–Crippen LogP) is 3.47. The van der Waals surface area contributed by atoms with Crippen LogP contribution < -0.4 is 0 Å². The largest absolute Gasteiger partial charge is 0.462 e. The van der Waals surface area contributed by atoms with E-state index in [4.69, 9.17) is 9.47 Å². The number of aromatic nitrogens is 1. The lowest BCUT2D eigenvalue weighted by atomic mass is 10.1. The molecule has 0 bridgehead atoms. The van der Waals surface area contributed by atoms with Gasteiger partial charge in [0.2, 0.25) is 5.78 Å². The van der Waals surface area contributed by atoms with Crippen LogP contribution in [0.4, 0.5) is 4.39 Å². The highest BCUT2D eigenvalue weighted by molar-refractivity contribution is 8.00. The molecule has 6 nitrogen and oxygen atoms in total. The van der Waals surface area contributed by atoms with Crippen LogP contribution in [0, 0.1) is 19.7 Å². The lowest BCUT2D eigenvalue weighted by Crippen LogP contribution is -2.16. The molecule has 1 heterocycles. The van der Waals surface area contributed by atoms with Crippen LogP contribution in [0.25, 0.3) is 0 Å². The molecular weight excluding hydrogens is 373 g/mol. The standard InChI is InChI=1S/C19H20FNO5S/c1-4-25-19(24)17-11(2)18(21-12(17)3)14(22)9-26-16(23)10-27-15-8-6-5-7-13(15)20/h5-8,21H,4,9-10H2,1-3H3. The van der Waals surface area contributed by atoms with E-state index in [2.05, 4.69) is 4.98 Å². The Balaban J connectivity index is 1.94. The number of carbonyl (C=O) groups is 3. The van der Waals surface area contributed by atoms with Crippen LogP contribution in [0.2, 0.25) is 0 Å². The molecular formula is C19H20FNO5S. The molecule has 144 valence electrons. The molecule has 0 atom stereocenters. The van der Waals surface area contributed by atoms with Crippen LogP contribution in [-0.4, -0.2) is 41.7 Å². The highest BCUT2D eigenvalue weighted by Gasteiger charge is 2.23. The molecule has 27 heavy (non-hydrogen) atoms. The number of nitrogens with one attached hydrogen (secondary N) is 1. The van der Waals surface area contributed by atoms with E-state index in [-0.39, 0.29) is 18.1 Å². The topological polar surface area (TPSA) is 85.5 Å². The van der Waals surface area contributed by atoms with E-state index in [0.29, 0.717) is 21.7 Å². The lowest BCUT2D eigenvalue weighted by Gasteiger charge is -2.05. The van der Waals surface area contributed by atoms with E-state index in [0.717, 1.165) is 11.8 Å². The Labute approximate surface area is 160 Å². The molecule has 0 unspecified atom stereocenters. The molecule has 2 aromatic rings. The Morgan fingerprint density at radius 1 is 1.15 bits per heavy atom. The maximum atomic E-state index is 13.5. The first-order valence-electron chi connectivity index (χ1n) is 8.27. The van der Waals surface area contributed by atoms with Crippen LogP contribution in [0.5, 0.6) is 0 Å². The molecule has 0 aliphatic rings. The van der Waals surface area contributed by atoms with E-state index < -0.39 is 30.1 Å². The molecule has 0 aliphatic heterocycles. The van der Waals surface area contributed by atoms with E-state index in [1.165, 1.54) is 6.07 Å². The number of Topliss-reactive ketones (excluding diaryl/α,β-unsaturated/α-hetero) is 1. The van der Waals surface area contributed by atoms with Crippen molar-refractivity contribution in [3.05, 3.63) is 52.6 Å². The number of hydrogen-bond acceptors (Lipinski definition) is 6. The first-order chi connectivity index (χ1) is 12.8. The van der Waals surface area contributed by atoms with Crippen molar-refractivity contribution >= 4 is 29.5 Å². The van der Waals surface area contributed by atoms with E-state index in [9.17, 15) is 18.8 Å². The van der Waals surface area contributed by atoms with Gasteiger partial charge in [-0.05, 0) is 38.5 Å². The third-order valence-electron chi connectivity index (χ3n) is 3.74. The lowest BCUT2D eigenvalue weighted by molar-refractivity contribution is -0.139. The smallest absolute Gasteiger partial charge is 0.340 e. The summed E-state index contributed by atoms with van der Waals surface area (Å²) in [4.78, 5) is 39.3. The number of thioether (sulfide) groups is 1. The number of halogens is 1. The number of benzene rings is 1. The molecule has 0 spiro atoms. The third-order valence-corrected chi connectivity index (χ3v) is 4.76. The van der Waals surface area contributed by atoms with Gasteiger partial charge in [-0.15, -0.1) is 11.8 Å². The highest BCUT2D eigenvalue weighted by atomic mass is 32.2. The van der Waals surface area contributed by atoms with Crippen LogP contribution >= 0.6 is 11.8 Å². The second-order valence-corrected chi connectivity index (χ2v) is 6.67. The second kappa shape index (κ2) is 9.36. The number of ketones is 1. The summed E-state index contributed by atoms with van der Waals surface area (Å²) >= 11 is 0.992. The summed E-state index contributed by atoms with van der Waals surface area (Å²) in [6.45, 7) is 4.73. The number of esters is 2. The summed E-state index contributed by atoms with van der Waals surface area (Å²) in [6, 6.07) is 6.08. The summed E-state index contributed by atoms with van der Waals surface area (Å²) in [5.41, 5.74) is 1.47. The maximum absolute atomic E-state index is 13.5. The third kappa shape index (κ3) is 5.19. The fourth-order valence-corrected chi connectivity index (χ4v) is 3.23. The van der Waals surface area contributed by atoms with Crippen molar-refractivity contribution in [1.82, 2.24) is 4.98 Å². The molecule has 0 radical (unpaired) electrons. The molecule has 8 heteroatoms. The Kier molecular flexibility index (Phi) is 7.18. The fraction of sp³-hybridized carbons (Fsp3) is 0.316. The summed E-state index contributed by atoms with van der Waals surface area (Å²) < 4.78 is 23.5. The zero-order chi connectivity index (χ0) is 20.0. The number of aryl methyl sites for hydroxylation is 1. The summed E-state index contributed by atoms with van der Waals surface area (Å²) in [5, 5.41) is 0. The molecule has 1 N–H and O–H groups in total. The van der Waals surface area contributed by atoms with Crippen molar-refractivity contribution in [3.63, 3.8) is 0 Å². The molecule has 2 rings (SSSR count). The quantitative estimate of drug-likeness (QED) is 0.420. The van der Waals surface area contributed by atoms with Crippen molar-refractivity contribution in [2.24, 2.45) is 0 Å².